The molecular formula is C40H70N2O8. The molecule has 10 nitrogen and oxygen atoms in total. The van der Waals surface area contributed by atoms with Crippen molar-refractivity contribution in [2.45, 2.75) is 168 Å². The Morgan fingerprint density at radius 2 is 1.66 bits per heavy atom. The van der Waals surface area contributed by atoms with Crippen LogP contribution in [0.3, 0.4) is 0 Å². The number of hydrogen-bond acceptors (Lipinski definition) is 8. The minimum absolute atomic E-state index is 0.0541. The molecule has 10 heteroatoms. The van der Waals surface area contributed by atoms with Crippen molar-refractivity contribution in [2.24, 2.45) is 23.7 Å². The van der Waals surface area contributed by atoms with E-state index in [-0.39, 0.29) is 42.9 Å². The van der Waals surface area contributed by atoms with Gasteiger partial charge in [-0.15, -0.1) is 0 Å². The Bertz CT molecular complexity index is 1090. The van der Waals surface area contributed by atoms with E-state index in [9.17, 15) is 30.0 Å². The van der Waals surface area contributed by atoms with Gasteiger partial charge >= 0.3 is 0 Å². The molecule has 2 amide bonds. The number of carbonyl (C=O) groups excluding carboxylic acids is 2. The molecule has 2 aliphatic heterocycles. The molecule has 1 spiro atoms. The lowest BCUT2D eigenvalue weighted by Crippen LogP contribution is -2.50. The molecule has 0 aliphatic carbocycles. The molecule has 2 aliphatic rings. The normalized spacial score (nSPS) is 27.5. The van der Waals surface area contributed by atoms with Crippen LogP contribution in [0.1, 0.15) is 126 Å². The maximum atomic E-state index is 12.8. The first-order chi connectivity index (χ1) is 23.7. The van der Waals surface area contributed by atoms with Crippen molar-refractivity contribution in [1.29, 1.82) is 0 Å². The summed E-state index contributed by atoms with van der Waals surface area (Å²) in [5.41, 5.74) is 1.01. The van der Waals surface area contributed by atoms with Gasteiger partial charge in [0.15, 0.2) is 5.79 Å². The third-order valence-electron chi connectivity index (χ3n) is 10.6. The maximum absolute atomic E-state index is 12.8. The zero-order valence-electron chi connectivity index (χ0n) is 32.0. The Kier molecular flexibility index (Phi) is 20.1. The van der Waals surface area contributed by atoms with E-state index in [2.05, 4.69) is 30.6 Å². The van der Waals surface area contributed by atoms with Gasteiger partial charge in [0.2, 0.25) is 11.8 Å². The van der Waals surface area contributed by atoms with Crippen molar-refractivity contribution in [3.8, 4) is 0 Å². The van der Waals surface area contributed by atoms with E-state index in [0.29, 0.717) is 31.2 Å². The van der Waals surface area contributed by atoms with Crippen LogP contribution in [0.2, 0.25) is 0 Å². The molecular weight excluding hydrogens is 636 g/mol. The number of aliphatic hydroxyl groups excluding tert-OH is 4. The lowest BCUT2D eigenvalue weighted by atomic mass is 9.85. The number of rotatable bonds is 21. The van der Waals surface area contributed by atoms with Gasteiger partial charge in [0, 0.05) is 25.9 Å². The van der Waals surface area contributed by atoms with E-state index in [1.807, 2.05) is 32.9 Å². The molecule has 50 heavy (non-hydrogen) atoms. The molecule has 0 aromatic heterocycles. The molecule has 2 fully saturated rings. The maximum Gasteiger partial charge on any atom is 0.225 e. The molecule has 2 heterocycles. The van der Waals surface area contributed by atoms with Crippen LogP contribution in [0.4, 0.5) is 0 Å². The predicted octanol–water partition coefficient (Wildman–Crippen LogP) is 5.48. The summed E-state index contributed by atoms with van der Waals surface area (Å²) >= 11 is 0. The Balaban J connectivity index is 1.70. The van der Waals surface area contributed by atoms with Gasteiger partial charge in [-0.3, -0.25) is 9.59 Å². The van der Waals surface area contributed by atoms with Crippen molar-refractivity contribution in [3.05, 3.63) is 36.0 Å². The Morgan fingerprint density at radius 1 is 0.940 bits per heavy atom. The summed E-state index contributed by atoms with van der Waals surface area (Å²) in [5, 5.41) is 46.1. The topological polar surface area (TPSA) is 158 Å². The monoisotopic (exact) mass is 707 g/mol. The lowest BCUT2D eigenvalue weighted by Gasteiger charge is -2.48. The van der Waals surface area contributed by atoms with Gasteiger partial charge in [-0.1, -0.05) is 58.1 Å². The molecule has 2 saturated heterocycles. The summed E-state index contributed by atoms with van der Waals surface area (Å²) < 4.78 is 13.4. The second-order valence-electron chi connectivity index (χ2n) is 15.2. The van der Waals surface area contributed by atoms with Crippen LogP contribution in [0.25, 0.3) is 0 Å². The third kappa shape index (κ3) is 16.1. The molecule has 11 atom stereocenters. The minimum Gasteiger partial charge on any atom is -0.392 e. The number of nitrogens with one attached hydrogen (secondary N) is 2. The summed E-state index contributed by atoms with van der Waals surface area (Å²) in [7, 11) is 0. The van der Waals surface area contributed by atoms with Crippen LogP contribution in [-0.4, -0.2) is 87.7 Å². The Hall–Kier alpha value is -2.08. The predicted molar refractivity (Wildman–Crippen MR) is 198 cm³/mol. The van der Waals surface area contributed by atoms with Gasteiger partial charge in [0.25, 0.3) is 0 Å². The standard InChI is InChI=1S/C40H70N2O8/c1-8-13-33(44)15-10-9-14-28(3)35(45)25-38(47)42-26-36(46)31(6)39(48)41-23-12-17-37-29(4)20-22-40(50-37)21-11-16-34(49-40)19-18-27(2)24-30(5)32(7)43/h8-10,13,24,27-29,31-37,43-46H,11-12,14-23,25-26H2,1-7H3,(H,41,48)(H,42,47)/b10-9+,13-8+,30-24+/t27-,28-,29-,31-,32-,33-,34-,35-,36-,37+,40-/m0/s1. The fourth-order valence-corrected chi connectivity index (χ4v) is 6.76. The molecule has 0 saturated carbocycles. The van der Waals surface area contributed by atoms with E-state index < -0.39 is 36.1 Å². The van der Waals surface area contributed by atoms with Crippen molar-refractivity contribution in [2.75, 3.05) is 13.1 Å². The number of allylic oxidation sites excluding steroid dienone is 3. The summed E-state index contributed by atoms with van der Waals surface area (Å²) in [6.07, 6.45) is 16.3. The highest BCUT2D eigenvalue weighted by Gasteiger charge is 2.44. The van der Waals surface area contributed by atoms with Crippen LogP contribution in [0.15, 0.2) is 36.0 Å². The van der Waals surface area contributed by atoms with E-state index >= 15 is 0 Å². The van der Waals surface area contributed by atoms with Crippen LogP contribution >= 0.6 is 0 Å². The molecule has 0 radical (unpaired) electrons. The number of hydrogen-bond donors (Lipinski definition) is 6. The van der Waals surface area contributed by atoms with Crippen LogP contribution in [-0.2, 0) is 19.1 Å². The fraction of sp³-hybridized carbons (Fsp3) is 0.800. The quantitative estimate of drug-likeness (QED) is 0.0677. The van der Waals surface area contributed by atoms with Crippen LogP contribution in [0, 0.1) is 23.7 Å². The molecule has 2 rings (SSSR count). The summed E-state index contributed by atoms with van der Waals surface area (Å²) in [6.45, 7) is 13.9. The lowest BCUT2D eigenvalue weighted by molar-refractivity contribution is -0.324. The van der Waals surface area contributed by atoms with Gasteiger partial charge in [0.05, 0.1) is 49.0 Å². The number of carbonyl (C=O) groups is 2. The Morgan fingerprint density at radius 3 is 2.36 bits per heavy atom. The zero-order chi connectivity index (χ0) is 37.3. The van der Waals surface area contributed by atoms with Gasteiger partial charge in [0.1, 0.15) is 0 Å². The number of amides is 2. The first-order valence-corrected chi connectivity index (χ1v) is 19.2. The van der Waals surface area contributed by atoms with E-state index in [1.54, 1.807) is 26.0 Å². The van der Waals surface area contributed by atoms with Gasteiger partial charge < -0.3 is 40.5 Å². The largest absolute Gasteiger partial charge is 0.392 e. The summed E-state index contributed by atoms with van der Waals surface area (Å²) in [6, 6.07) is 0. The highest BCUT2D eigenvalue weighted by molar-refractivity contribution is 5.79. The molecule has 0 unspecified atom stereocenters. The van der Waals surface area contributed by atoms with Crippen LogP contribution < -0.4 is 10.6 Å². The molecule has 0 aromatic carbocycles. The second-order valence-corrected chi connectivity index (χ2v) is 15.2. The number of aliphatic hydroxyl groups is 4. The first-order valence-electron chi connectivity index (χ1n) is 19.2. The van der Waals surface area contributed by atoms with Gasteiger partial charge in [-0.2, -0.15) is 0 Å². The fourth-order valence-electron chi connectivity index (χ4n) is 6.76. The Labute approximate surface area is 302 Å². The van der Waals surface area contributed by atoms with Gasteiger partial charge in [-0.25, -0.2) is 0 Å². The number of ether oxygens (including phenoxy) is 2. The average molecular weight is 707 g/mol. The van der Waals surface area contributed by atoms with Crippen molar-refractivity contribution in [1.82, 2.24) is 10.6 Å². The molecule has 288 valence electrons. The van der Waals surface area contributed by atoms with Crippen molar-refractivity contribution in [3.63, 3.8) is 0 Å². The summed E-state index contributed by atoms with van der Waals surface area (Å²) in [4.78, 5) is 25.2. The van der Waals surface area contributed by atoms with E-state index in [0.717, 1.165) is 63.4 Å². The minimum atomic E-state index is -1.06. The highest BCUT2D eigenvalue weighted by Crippen LogP contribution is 2.43. The highest BCUT2D eigenvalue weighted by atomic mass is 16.7. The zero-order valence-corrected chi connectivity index (χ0v) is 32.0. The first kappa shape index (κ1) is 44.1. The van der Waals surface area contributed by atoms with E-state index in [1.165, 1.54) is 0 Å². The molecule has 0 bridgehead atoms. The van der Waals surface area contributed by atoms with Crippen molar-refractivity contribution >= 4 is 11.8 Å². The van der Waals surface area contributed by atoms with Crippen LogP contribution in [0.5, 0.6) is 0 Å². The van der Waals surface area contributed by atoms with Gasteiger partial charge in [-0.05, 0) is 102 Å². The molecule has 0 aromatic rings. The second kappa shape index (κ2) is 22.8. The van der Waals surface area contributed by atoms with E-state index in [4.69, 9.17) is 9.47 Å². The smallest absolute Gasteiger partial charge is 0.225 e. The summed E-state index contributed by atoms with van der Waals surface area (Å²) in [5.74, 6) is -1.26. The molecule has 6 N–H and O–H groups in total. The third-order valence-corrected chi connectivity index (χ3v) is 10.6. The SMILES string of the molecule is C/C=C/[C@H](O)C/C=C/C[C@H](C)[C@@H](O)CC(=O)NC[C@H](O)[C@H](C)C(=O)NCCC[C@H]1O[C@@]2(CCC[C@@H](CC[C@H](C)/C=C(\C)[C@H](C)O)O2)CC[C@@H]1C. The van der Waals surface area contributed by atoms with Crippen molar-refractivity contribution < 1.29 is 39.5 Å². The average Bonchev–Trinajstić information content (AvgIpc) is 3.07.